The van der Waals surface area contributed by atoms with Gasteiger partial charge in [0, 0.05) is 32.1 Å². The van der Waals surface area contributed by atoms with Crippen LogP contribution in [0.15, 0.2) is 0 Å². The topological polar surface area (TPSA) is 61.8 Å². The zero-order valence-corrected chi connectivity index (χ0v) is 15.6. The Morgan fingerprint density at radius 3 is 2.17 bits per heavy atom. The minimum absolute atomic E-state index is 0.113. The molecule has 0 radical (unpaired) electrons. The van der Waals surface area contributed by atoms with Gasteiger partial charge in [-0.15, -0.1) is 0 Å². The Hall–Kier alpha value is -1.10. The van der Waals surface area contributed by atoms with Crippen LogP contribution >= 0.6 is 0 Å². The molecule has 0 spiro atoms. The molecule has 2 heterocycles. The number of carbonyl (C=O) groups is 2. The zero-order chi connectivity index (χ0) is 17.9. The summed E-state index contributed by atoms with van der Waals surface area (Å²) < 4.78 is 18.0. The van der Waals surface area contributed by atoms with E-state index in [1.807, 2.05) is 0 Å². The number of rotatable bonds is 2. The monoisotopic (exact) mass is 338 g/mol. The van der Waals surface area contributed by atoms with Gasteiger partial charge < -0.3 is 14.2 Å². The van der Waals surface area contributed by atoms with Gasteiger partial charge in [-0.2, -0.15) is 0 Å². The van der Waals surface area contributed by atoms with Crippen LogP contribution in [-0.4, -0.2) is 35.3 Å². The number of esters is 2. The lowest BCUT2D eigenvalue weighted by Gasteiger charge is -2.51. The van der Waals surface area contributed by atoms with Gasteiger partial charge >= 0.3 is 11.9 Å². The molecule has 2 bridgehead atoms. The standard InChI is InChI=1S/C19H30O5/c1-10-7-15(22-11(2)20)17-13(10)8-14-16(23-12(3)21)9-19(17,6)24-18(14,4)5/h10,13-17H,7-9H2,1-6H3. The molecule has 0 N–H and O–H groups in total. The van der Waals surface area contributed by atoms with Gasteiger partial charge in [0.15, 0.2) is 0 Å². The van der Waals surface area contributed by atoms with Crippen LogP contribution in [0.5, 0.6) is 0 Å². The summed E-state index contributed by atoms with van der Waals surface area (Å²) in [6, 6.07) is 0. The molecule has 4 rings (SSSR count). The summed E-state index contributed by atoms with van der Waals surface area (Å²) in [5.41, 5.74) is -0.815. The van der Waals surface area contributed by atoms with E-state index in [4.69, 9.17) is 14.2 Å². The zero-order valence-electron chi connectivity index (χ0n) is 15.6. The number of carbonyl (C=O) groups excluding carboxylic acids is 2. The largest absolute Gasteiger partial charge is 0.462 e. The molecule has 4 aliphatic rings. The van der Waals surface area contributed by atoms with Gasteiger partial charge in [0.2, 0.25) is 0 Å². The van der Waals surface area contributed by atoms with Crippen LogP contribution < -0.4 is 0 Å². The molecule has 2 aliphatic carbocycles. The molecule has 2 saturated carbocycles. The number of hydrogen-bond donors (Lipinski definition) is 0. The quantitative estimate of drug-likeness (QED) is 0.724. The first-order valence-electron chi connectivity index (χ1n) is 9.08. The molecule has 4 fully saturated rings. The molecule has 0 aromatic carbocycles. The molecule has 7 unspecified atom stereocenters. The Morgan fingerprint density at radius 1 is 1.00 bits per heavy atom. The SMILES string of the molecule is CC(=O)OC1CC2(C)OC(C)(C)C1CC1C(C)CC(OC(C)=O)C12. The van der Waals surface area contributed by atoms with Gasteiger partial charge in [-0.25, -0.2) is 0 Å². The Bertz CT molecular complexity index is 542. The molecular weight excluding hydrogens is 308 g/mol. The fourth-order valence-corrected chi connectivity index (χ4v) is 5.85. The summed E-state index contributed by atoms with van der Waals surface area (Å²) in [6.07, 6.45) is 2.26. The third-order valence-corrected chi connectivity index (χ3v) is 6.51. The van der Waals surface area contributed by atoms with Gasteiger partial charge in [-0.3, -0.25) is 9.59 Å². The van der Waals surface area contributed by atoms with E-state index < -0.39 is 5.60 Å². The molecule has 5 heteroatoms. The van der Waals surface area contributed by atoms with Crippen molar-refractivity contribution in [1.82, 2.24) is 0 Å². The highest BCUT2D eigenvalue weighted by atomic mass is 16.6. The van der Waals surface area contributed by atoms with Crippen LogP contribution in [-0.2, 0) is 23.8 Å². The molecule has 0 amide bonds. The van der Waals surface area contributed by atoms with Crippen LogP contribution in [0.3, 0.4) is 0 Å². The lowest BCUT2D eigenvalue weighted by Crippen LogP contribution is -2.57. The third-order valence-electron chi connectivity index (χ3n) is 6.51. The molecular formula is C19H30O5. The van der Waals surface area contributed by atoms with Crippen LogP contribution in [0.25, 0.3) is 0 Å². The maximum Gasteiger partial charge on any atom is 0.302 e. The molecule has 0 aromatic heterocycles. The van der Waals surface area contributed by atoms with Gasteiger partial charge in [0.25, 0.3) is 0 Å². The van der Waals surface area contributed by atoms with E-state index in [0.717, 1.165) is 12.8 Å². The van der Waals surface area contributed by atoms with Crippen molar-refractivity contribution in [3.8, 4) is 0 Å². The van der Waals surface area contributed by atoms with Gasteiger partial charge in [-0.1, -0.05) is 6.92 Å². The predicted octanol–water partition coefficient (Wildman–Crippen LogP) is 3.10. The van der Waals surface area contributed by atoms with E-state index >= 15 is 0 Å². The Labute approximate surface area is 144 Å². The van der Waals surface area contributed by atoms with Crippen molar-refractivity contribution in [3.05, 3.63) is 0 Å². The van der Waals surface area contributed by atoms with Crippen molar-refractivity contribution >= 4 is 11.9 Å². The number of hydrogen-bond acceptors (Lipinski definition) is 5. The lowest BCUT2D eigenvalue weighted by atomic mass is 9.76. The average molecular weight is 338 g/mol. The summed E-state index contributed by atoms with van der Waals surface area (Å²) in [5, 5.41) is 0. The Kier molecular flexibility index (Phi) is 4.22. The van der Waals surface area contributed by atoms with Crippen LogP contribution in [0.2, 0.25) is 0 Å². The fraction of sp³-hybridized carbons (Fsp3) is 0.895. The molecule has 0 aromatic rings. The fourth-order valence-electron chi connectivity index (χ4n) is 5.85. The first kappa shape index (κ1) is 17.7. The molecule has 24 heavy (non-hydrogen) atoms. The van der Waals surface area contributed by atoms with E-state index in [9.17, 15) is 9.59 Å². The third kappa shape index (κ3) is 2.85. The van der Waals surface area contributed by atoms with Crippen molar-refractivity contribution in [2.24, 2.45) is 23.7 Å². The van der Waals surface area contributed by atoms with E-state index in [2.05, 4.69) is 27.7 Å². The summed E-state index contributed by atoms with van der Waals surface area (Å²) in [4.78, 5) is 23.2. The van der Waals surface area contributed by atoms with Crippen molar-refractivity contribution in [3.63, 3.8) is 0 Å². The van der Waals surface area contributed by atoms with Crippen LogP contribution in [0, 0.1) is 23.7 Å². The maximum atomic E-state index is 11.6. The van der Waals surface area contributed by atoms with Gasteiger partial charge in [0.05, 0.1) is 11.2 Å². The van der Waals surface area contributed by atoms with Crippen LogP contribution in [0.4, 0.5) is 0 Å². The maximum absolute atomic E-state index is 11.6. The minimum Gasteiger partial charge on any atom is -0.462 e. The summed E-state index contributed by atoms with van der Waals surface area (Å²) in [7, 11) is 0. The van der Waals surface area contributed by atoms with Crippen molar-refractivity contribution < 1.29 is 23.8 Å². The van der Waals surface area contributed by atoms with E-state index in [1.165, 1.54) is 13.8 Å². The predicted molar refractivity (Wildman–Crippen MR) is 88.2 cm³/mol. The molecule has 5 nitrogen and oxygen atoms in total. The van der Waals surface area contributed by atoms with E-state index in [0.29, 0.717) is 18.3 Å². The molecule has 7 atom stereocenters. The second kappa shape index (κ2) is 5.72. The summed E-state index contributed by atoms with van der Waals surface area (Å²) >= 11 is 0. The van der Waals surface area contributed by atoms with E-state index in [-0.39, 0.29) is 41.6 Å². The normalized spacial score (nSPS) is 46.1. The first-order valence-corrected chi connectivity index (χ1v) is 9.08. The number of ether oxygens (including phenoxy) is 3. The highest BCUT2D eigenvalue weighted by Gasteiger charge is 2.63. The summed E-state index contributed by atoms with van der Waals surface area (Å²) in [6.45, 7) is 11.5. The minimum atomic E-state index is -0.452. The highest BCUT2D eigenvalue weighted by molar-refractivity contribution is 5.66. The molecule has 136 valence electrons. The van der Waals surface area contributed by atoms with Crippen molar-refractivity contribution in [1.29, 1.82) is 0 Å². The average Bonchev–Trinajstić information content (AvgIpc) is 2.55. The summed E-state index contributed by atoms with van der Waals surface area (Å²) in [5.74, 6) is 0.749. The number of fused-ring (bicyclic) bond motifs is 2. The molecule has 2 saturated heterocycles. The first-order chi connectivity index (χ1) is 11.0. The molecule has 2 aliphatic heterocycles. The second-order valence-corrected chi connectivity index (χ2v) is 8.76. The second-order valence-electron chi connectivity index (χ2n) is 8.76. The van der Waals surface area contributed by atoms with Gasteiger partial charge in [-0.05, 0) is 45.4 Å². The van der Waals surface area contributed by atoms with Crippen molar-refractivity contribution in [2.75, 3.05) is 0 Å². The van der Waals surface area contributed by atoms with E-state index in [1.54, 1.807) is 0 Å². The smallest absolute Gasteiger partial charge is 0.302 e. The van der Waals surface area contributed by atoms with Crippen LogP contribution in [0.1, 0.15) is 60.8 Å². The van der Waals surface area contributed by atoms with Gasteiger partial charge in [0.1, 0.15) is 12.2 Å². The Balaban J connectivity index is 1.99. The highest BCUT2D eigenvalue weighted by Crippen LogP contribution is 2.59. The lowest BCUT2D eigenvalue weighted by molar-refractivity contribution is -0.244. The van der Waals surface area contributed by atoms with Crippen molar-refractivity contribution in [2.45, 2.75) is 84.2 Å². The Morgan fingerprint density at radius 2 is 1.58 bits per heavy atom.